The van der Waals surface area contributed by atoms with Crippen LogP contribution in [0.15, 0.2) is 22.7 Å². The summed E-state index contributed by atoms with van der Waals surface area (Å²) in [7, 11) is 0. The number of aliphatic hydroxyl groups is 1. The second-order valence-electron chi connectivity index (χ2n) is 7.65. The molecule has 1 saturated heterocycles. The summed E-state index contributed by atoms with van der Waals surface area (Å²) < 4.78 is 17.4. The third-order valence-corrected chi connectivity index (χ3v) is 5.72. The predicted molar refractivity (Wildman–Crippen MR) is 101 cm³/mol. The summed E-state index contributed by atoms with van der Waals surface area (Å²) in [6, 6.07) is 5.49. The molecule has 1 aromatic heterocycles. The normalized spacial score (nSPS) is 23.7. The number of likely N-dealkylation sites (tertiary alicyclic amines) is 1. The summed E-state index contributed by atoms with van der Waals surface area (Å²) in [6.45, 7) is 1.50. The van der Waals surface area contributed by atoms with Gasteiger partial charge in [0.15, 0.2) is 5.58 Å². The number of fused-ring (bicyclic) bond motifs is 1. The van der Waals surface area contributed by atoms with Gasteiger partial charge in [0.05, 0.1) is 12.7 Å². The van der Waals surface area contributed by atoms with E-state index in [9.17, 15) is 9.90 Å². The fourth-order valence-electron chi connectivity index (χ4n) is 4.00. The average molecular weight is 390 g/mol. The molecule has 2 atom stereocenters. The van der Waals surface area contributed by atoms with Gasteiger partial charge in [0.25, 0.3) is 5.88 Å². The molecule has 4 rings (SSSR count). The van der Waals surface area contributed by atoms with Crippen molar-refractivity contribution in [2.75, 3.05) is 19.7 Å². The molecule has 8 nitrogen and oxygen atoms in total. The SMILES string of the molecule is O=C(O)N1CCC(COc2noc3cccc(O[C@H]4CCCC[C@@H]4O)c23)CC1. The van der Waals surface area contributed by atoms with Crippen molar-refractivity contribution in [1.82, 2.24) is 10.1 Å². The Hall–Kier alpha value is -2.48. The highest BCUT2D eigenvalue weighted by molar-refractivity contribution is 5.88. The first-order chi connectivity index (χ1) is 13.6. The van der Waals surface area contributed by atoms with Gasteiger partial charge in [-0.15, -0.1) is 0 Å². The topological polar surface area (TPSA) is 105 Å². The Morgan fingerprint density at radius 1 is 1.21 bits per heavy atom. The van der Waals surface area contributed by atoms with Crippen LogP contribution < -0.4 is 9.47 Å². The summed E-state index contributed by atoms with van der Waals surface area (Å²) in [4.78, 5) is 12.5. The summed E-state index contributed by atoms with van der Waals surface area (Å²) in [6.07, 6.45) is 3.60. The van der Waals surface area contributed by atoms with Crippen LogP contribution in [0.25, 0.3) is 11.0 Å². The van der Waals surface area contributed by atoms with Crippen molar-refractivity contribution >= 4 is 17.1 Å². The molecule has 1 aliphatic carbocycles. The van der Waals surface area contributed by atoms with E-state index in [2.05, 4.69) is 5.16 Å². The van der Waals surface area contributed by atoms with Gasteiger partial charge in [-0.3, -0.25) is 0 Å². The molecule has 1 aromatic carbocycles. The maximum atomic E-state index is 11.0. The van der Waals surface area contributed by atoms with Crippen LogP contribution in [0.2, 0.25) is 0 Å². The molecule has 1 aliphatic heterocycles. The number of amides is 1. The molecule has 2 fully saturated rings. The van der Waals surface area contributed by atoms with Crippen LogP contribution in [0.4, 0.5) is 4.79 Å². The van der Waals surface area contributed by atoms with Crippen molar-refractivity contribution in [3.05, 3.63) is 18.2 Å². The summed E-state index contributed by atoms with van der Waals surface area (Å²) in [5.41, 5.74) is 0.582. The minimum atomic E-state index is -0.867. The van der Waals surface area contributed by atoms with Crippen molar-refractivity contribution in [3.63, 3.8) is 0 Å². The number of carbonyl (C=O) groups is 1. The molecule has 8 heteroatoms. The van der Waals surface area contributed by atoms with E-state index in [1.54, 1.807) is 0 Å². The number of aromatic nitrogens is 1. The number of aliphatic hydroxyl groups excluding tert-OH is 1. The van der Waals surface area contributed by atoms with Crippen LogP contribution in [0, 0.1) is 5.92 Å². The van der Waals surface area contributed by atoms with Crippen molar-refractivity contribution in [2.24, 2.45) is 5.92 Å². The number of piperidine rings is 1. The molecule has 1 amide bonds. The molecule has 2 heterocycles. The molecule has 0 unspecified atom stereocenters. The zero-order valence-corrected chi connectivity index (χ0v) is 15.7. The summed E-state index contributed by atoms with van der Waals surface area (Å²) >= 11 is 0. The molecular weight excluding hydrogens is 364 g/mol. The Morgan fingerprint density at radius 3 is 2.75 bits per heavy atom. The lowest BCUT2D eigenvalue weighted by Crippen LogP contribution is -2.38. The lowest BCUT2D eigenvalue weighted by molar-refractivity contribution is 0.00760. The molecule has 2 aromatic rings. The summed E-state index contributed by atoms with van der Waals surface area (Å²) in [5.74, 6) is 1.27. The van der Waals surface area contributed by atoms with Gasteiger partial charge in [-0.25, -0.2) is 4.79 Å². The smallest absolute Gasteiger partial charge is 0.407 e. The highest BCUT2D eigenvalue weighted by Gasteiger charge is 2.27. The molecule has 0 bridgehead atoms. The molecule has 1 saturated carbocycles. The van der Waals surface area contributed by atoms with E-state index in [0.29, 0.717) is 42.3 Å². The Kier molecular flexibility index (Phi) is 5.57. The van der Waals surface area contributed by atoms with Gasteiger partial charge in [0, 0.05) is 13.1 Å². The minimum absolute atomic E-state index is 0.234. The van der Waals surface area contributed by atoms with Crippen molar-refractivity contribution in [3.8, 4) is 11.6 Å². The van der Waals surface area contributed by atoms with E-state index < -0.39 is 12.2 Å². The van der Waals surface area contributed by atoms with E-state index in [4.69, 9.17) is 19.1 Å². The van der Waals surface area contributed by atoms with Crippen molar-refractivity contribution in [2.45, 2.75) is 50.7 Å². The quantitative estimate of drug-likeness (QED) is 0.807. The molecular formula is C20H26N2O6. The number of ether oxygens (including phenoxy) is 2. The Morgan fingerprint density at radius 2 is 2.00 bits per heavy atom. The Bertz CT molecular complexity index is 814. The fourth-order valence-corrected chi connectivity index (χ4v) is 4.00. The van der Waals surface area contributed by atoms with E-state index in [1.807, 2.05) is 18.2 Å². The number of nitrogens with zero attached hydrogens (tertiary/aromatic N) is 2. The largest absolute Gasteiger partial charge is 0.487 e. The molecule has 2 aliphatic rings. The highest BCUT2D eigenvalue weighted by Crippen LogP contribution is 2.36. The van der Waals surface area contributed by atoms with Crippen LogP contribution in [-0.2, 0) is 0 Å². The maximum Gasteiger partial charge on any atom is 0.407 e. The zero-order chi connectivity index (χ0) is 19.5. The standard InChI is InChI=1S/C20H26N2O6/c23-14-4-1-2-5-15(14)27-16-6-3-7-17-18(16)19(21-28-17)26-12-13-8-10-22(11-9-13)20(24)25/h3,6-7,13-15,23H,1-2,4-5,8-12H2,(H,24,25)/t14-,15-/m0/s1. The van der Waals surface area contributed by atoms with E-state index in [0.717, 1.165) is 38.5 Å². The summed E-state index contributed by atoms with van der Waals surface area (Å²) in [5, 5.41) is 24.0. The number of benzene rings is 1. The van der Waals surface area contributed by atoms with E-state index >= 15 is 0 Å². The number of carboxylic acid groups (broad SMARTS) is 1. The average Bonchev–Trinajstić information content (AvgIpc) is 3.12. The lowest BCUT2D eigenvalue weighted by atomic mass is 9.95. The second-order valence-corrected chi connectivity index (χ2v) is 7.65. The van der Waals surface area contributed by atoms with E-state index in [1.165, 1.54) is 4.90 Å². The van der Waals surface area contributed by atoms with Gasteiger partial charge in [-0.1, -0.05) is 12.5 Å². The predicted octanol–water partition coefficient (Wildman–Crippen LogP) is 3.28. The minimum Gasteiger partial charge on any atom is -0.487 e. The van der Waals surface area contributed by atoms with Crippen LogP contribution in [0.3, 0.4) is 0 Å². The van der Waals surface area contributed by atoms with Crippen LogP contribution in [0.1, 0.15) is 38.5 Å². The van der Waals surface area contributed by atoms with Crippen LogP contribution in [-0.4, -0.2) is 58.3 Å². The lowest BCUT2D eigenvalue weighted by Gasteiger charge is -2.29. The Balaban J connectivity index is 1.44. The molecule has 152 valence electrons. The first-order valence-corrected chi connectivity index (χ1v) is 9.95. The zero-order valence-electron chi connectivity index (χ0n) is 15.7. The number of rotatable bonds is 5. The van der Waals surface area contributed by atoms with Crippen molar-refractivity contribution in [1.29, 1.82) is 0 Å². The first kappa shape index (κ1) is 18.9. The molecule has 2 N–H and O–H groups in total. The fraction of sp³-hybridized carbons (Fsp3) is 0.600. The monoisotopic (exact) mass is 390 g/mol. The van der Waals surface area contributed by atoms with Gasteiger partial charge < -0.3 is 29.1 Å². The van der Waals surface area contributed by atoms with Gasteiger partial charge in [-0.2, -0.15) is 0 Å². The Labute approximate surface area is 163 Å². The van der Waals surface area contributed by atoms with Crippen LogP contribution in [0.5, 0.6) is 11.6 Å². The maximum absolute atomic E-state index is 11.0. The van der Waals surface area contributed by atoms with E-state index in [-0.39, 0.29) is 12.0 Å². The molecule has 0 spiro atoms. The van der Waals surface area contributed by atoms with Crippen molar-refractivity contribution < 1.29 is 29.0 Å². The third-order valence-electron chi connectivity index (χ3n) is 5.72. The number of hydrogen-bond acceptors (Lipinski definition) is 6. The van der Waals surface area contributed by atoms with Gasteiger partial charge in [0.2, 0.25) is 0 Å². The molecule has 0 radical (unpaired) electrons. The highest BCUT2D eigenvalue weighted by atomic mass is 16.5. The number of hydrogen-bond donors (Lipinski definition) is 2. The molecule has 28 heavy (non-hydrogen) atoms. The second kappa shape index (κ2) is 8.26. The van der Waals surface area contributed by atoms with Gasteiger partial charge >= 0.3 is 6.09 Å². The van der Waals surface area contributed by atoms with Gasteiger partial charge in [0.1, 0.15) is 17.2 Å². The van der Waals surface area contributed by atoms with Crippen LogP contribution >= 0.6 is 0 Å². The van der Waals surface area contributed by atoms with Gasteiger partial charge in [-0.05, 0) is 55.3 Å². The third kappa shape index (κ3) is 4.01. The first-order valence-electron chi connectivity index (χ1n) is 9.95.